The van der Waals surface area contributed by atoms with Crippen molar-refractivity contribution < 1.29 is 9.18 Å². The maximum atomic E-state index is 13.5. The first kappa shape index (κ1) is 10.4. The highest BCUT2D eigenvalue weighted by Crippen LogP contribution is 2.11. The van der Waals surface area contributed by atoms with E-state index in [-0.39, 0.29) is 11.3 Å². The third-order valence-electron chi connectivity index (χ3n) is 2.04. The number of ketones is 1. The molecule has 4 heteroatoms. The largest absolute Gasteiger partial charge is 0.305 e. The van der Waals surface area contributed by atoms with Gasteiger partial charge in [0, 0.05) is 25.4 Å². The lowest BCUT2D eigenvalue weighted by Gasteiger charge is -1.96. The number of aryl methyl sites for hydroxylation is 1. The highest BCUT2D eigenvalue weighted by molar-refractivity contribution is 5.93. The summed E-state index contributed by atoms with van der Waals surface area (Å²) in [5, 5.41) is 0. The van der Waals surface area contributed by atoms with Crippen LogP contribution in [-0.4, -0.2) is 15.2 Å². The predicted octanol–water partition coefficient (Wildman–Crippen LogP) is 1.72. The molecule has 2 aromatic rings. The van der Waals surface area contributed by atoms with Crippen LogP contribution in [0.3, 0.4) is 0 Å². The van der Waals surface area contributed by atoms with Gasteiger partial charge in [-0.3, -0.25) is 4.79 Å². The molecule has 0 saturated heterocycles. The Labute approximate surface area is 91.9 Å². The number of hydrogen-bond donors (Lipinski definition) is 0. The summed E-state index contributed by atoms with van der Waals surface area (Å²) in [6.45, 7) is 3.16. The van der Waals surface area contributed by atoms with E-state index < -0.39 is 5.82 Å². The molecular formula is C12H9FN2O. The minimum Gasteiger partial charge on any atom is -0.305 e. The SMILES string of the molecule is CC(=O)C#Cc1cn2cc(C)nc2cc1F. The van der Waals surface area contributed by atoms with Crippen molar-refractivity contribution in [3.05, 3.63) is 35.5 Å². The minimum absolute atomic E-state index is 0.195. The second-order valence-corrected chi connectivity index (χ2v) is 3.49. The Morgan fingerprint density at radius 2 is 2.25 bits per heavy atom. The Morgan fingerprint density at radius 3 is 2.94 bits per heavy atom. The number of imidazole rings is 1. The normalized spacial score (nSPS) is 9.94. The number of Topliss-reactive ketones (excluding diaryl/α,β-unsaturated/α-hetero) is 1. The summed E-state index contributed by atoms with van der Waals surface area (Å²) in [4.78, 5) is 14.8. The number of halogens is 1. The fraction of sp³-hybridized carbons (Fsp3) is 0.167. The van der Waals surface area contributed by atoms with Gasteiger partial charge < -0.3 is 4.40 Å². The summed E-state index contributed by atoms with van der Waals surface area (Å²) in [5.74, 6) is 4.05. The number of rotatable bonds is 0. The maximum Gasteiger partial charge on any atom is 0.202 e. The molecule has 0 unspecified atom stereocenters. The van der Waals surface area contributed by atoms with Crippen molar-refractivity contribution in [1.29, 1.82) is 0 Å². The first-order valence-electron chi connectivity index (χ1n) is 4.74. The van der Waals surface area contributed by atoms with E-state index >= 15 is 0 Å². The van der Waals surface area contributed by atoms with Gasteiger partial charge in [0.15, 0.2) is 0 Å². The monoisotopic (exact) mass is 216 g/mol. The molecule has 80 valence electrons. The fourth-order valence-electron chi connectivity index (χ4n) is 1.38. The fourth-order valence-corrected chi connectivity index (χ4v) is 1.38. The van der Waals surface area contributed by atoms with Gasteiger partial charge in [0.2, 0.25) is 5.78 Å². The number of aromatic nitrogens is 2. The summed E-state index contributed by atoms with van der Waals surface area (Å²) in [6.07, 6.45) is 3.30. The quantitative estimate of drug-likeness (QED) is 0.628. The molecule has 2 aromatic heterocycles. The Balaban J connectivity index is 2.59. The molecule has 0 aromatic carbocycles. The molecule has 0 N–H and O–H groups in total. The zero-order valence-electron chi connectivity index (χ0n) is 8.91. The maximum absolute atomic E-state index is 13.5. The molecule has 0 atom stereocenters. The van der Waals surface area contributed by atoms with Crippen LogP contribution in [0.4, 0.5) is 4.39 Å². The highest BCUT2D eigenvalue weighted by Gasteiger charge is 2.04. The summed E-state index contributed by atoms with van der Waals surface area (Å²) in [5.41, 5.74) is 1.53. The van der Waals surface area contributed by atoms with Crippen molar-refractivity contribution in [2.24, 2.45) is 0 Å². The van der Waals surface area contributed by atoms with E-state index in [1.165, 1.54) is 19.2 Å². The van der Waals surface area contributed by atoms with E-state index in [1.807, 2.05) is 6.92 Å². The van der Waals surface area contributed by atoms with Crippen molar-refractivity contribution in [1.82, 2.24) is 9.38 Å². The Kier molecular flexibility index (Phi) is 2.45. The summed E-state index contributed by atoms with van der Waals surface area (Å²) in [6, 6.07) is 1.30. The molecule has 0 saturated carbocycles. The Morgan fingerprint density at radius 1 is 1.50 bits per heavy atom. The van der Waals surface area contributed by atoms with Gasteiger partial charge in [-0.15, -0.1) is 0 Å². The summed E-state index contributed by atoms with van der Waals surface area (Å²) >= 11 is 0. The summed E-state index contributed by atoms with van der Waals surface area (Å²) in [7, 11) is 0. The highest BCUT2D eigenvalue weighted by atomic mass is 19.1. The lowest BCUT2D eigenvalue weighted by atomic mass is 10.2. The van der Waals surface area contributed by atoms with Crippen LogP contribution in [0.2, 0.25) is 0 Å². The molecular weight excluding hydrogens is 207 g/mol. The number of fused-ring (bicyclic) bond motifs is 1. The molecule has 0 aliphatic rings. The van der Waals surface area contributed by atoms with Crippen molar-refractivity contribution >= 4 is 11.4 Å². The predicted molar refractivity (Wildman–Crippen MR) is 57.4 cm³/mol. The van der Waals surface area contributed by atoms with Crippen LogP contribution < -0.4 is 0 Å². The van der Waals surface area contributed by atoms with E-state index in [2.05, 4.69) is 16.8 Å². The number of carbonyl (C=O) groups is 1. The second kappa shape index (κ2) is 3.78. The van der Waals surface area contributed by atoms with Gasteiger partial charge in [-0.05, 0) is 12.8 Å². The zero-order valence-corrected chi connectivity index (χ0v) is 8.91. The molecule has 2 heterocycles. The van der Waals surface area contributed by atoms with Crippen molar-refractivity contribution in [2.75, 3.05) is 0 Å². The van der Waals surface area contributed by atoms with Crippen molar-refractivity contribution in [2.45, 2.75) is 13.8 Å². The molecule has 0 aliphatic carbocycles. The molecule has 0 aliphatic heterocycles. The van der Waals surface area contributed by atoms with E-state index in [9.17, 15) is 9.18 Å². The van der Waals surface area contributed by atoms with Crippen LogP contribution in [0.25, 0.3) is 5.65 Å². The lowest BCUT2D eigenvalue weighted by molar-refractivity contribution is -0.111. The van der Waals surface area contributed by atoms with Crippen molar-refractivity contribution in [3.8, 4) is 11.8 Å². The molecule has 16 heavy (non-hydrogen) atoms. The molecule has 0 bridgehead atoms. The first-order valence-corrected chi connectivity index (χ1v) is 4.74. The van der Waals surface area contributed by atoms with Crippen LogP contribution in [0.15, 0.2) is 18.5 Å². The van der Waals surface area contributed by atoms with Gasteiger partial charge in [-0.2, -0.15) is 0 Å². The van der Waals surface area contributed by atoms with Gasteiger partial charge in [0.05, 0.1) is 11.3 Å². The third-order valence-corrected chi connectivity index (χ3v) is 2.04. The summed E-state index contributed by atoms with van der Waals surface area (Å²) < 4.78 is 15.2. The molecule has 0 amide bonds. The van der Waals surface area contributed by atoms with E-state index in [4.69, 9.17) is 0 Å². The first-order chi connectivity index (χ1) is 7.56. The third kappa shape index (κ3) is 1.94. The smallest absolute Gasteiger partial charge is 0.202 e. The lowest BCUT2D eigenvalue weighted by Crippen LogP contribution is -1.91. The van der Waals surface area contributed by atoms with Crippen LogP contribution in [0, 0.1) is 24.6 Å². The average Bonchev–Trinajstić information content (AvgIpc) is 2.53. The second-order valence-electron chi connectivity index (χ2n) is 3.49. The van der Waals surface area contributed by atoms with Crippen LogP contribution in [-0.2, 0) is 4.79 Å². The van der Waals surface area contributed by atoms with Gasteiger partial charge in [-0.25, -0.2) is 9.37 Å². The Hall–Kier alpha value is -2.15. The van der Waals surface area contributed by atoms with Crippen molar-refractivity contribution in [3.63, 3.8) is 0 Å². The molecule has 0 spiro atoms. The molecule has 0 radical (unpaired) electrons. The average molecular weight is 216 g/mol. The van der Waals surface area contributed by atoms with E-state index in [0.29, 0.717) is 5.65 Å². The zero-order chi connectivity index (χ0) is 11.7. The standard InChI is InChI=1S/C12H9FN2O/c1-8-6-15-7-10(4-3-9(2)16)11(13)5-12(15)14-8/h5-7H,1-2H3. The van der Waals surface area contributed by atoms with E-state index in [0.717, 1.165) is 5.69 Å². The van der Waals surface area contributed by atoms with Crippen LogP contribution >= 0.6 is 0 Å². The van der Waals surface area contributed by atoms with Crippen LogP contribution in [0.1, 0.15) is 18.2 Å². The number of pyridine rings is 1. The Bertz CT molecular complexity index is 631. The number of nitrogens with zero attached hydrogens (tertiary/aromatic N) is 2. The van der Waals surface area contributed by atoms with Gasteiger partial charge in [0.1, 0.15) is 11.5 Å². The molecule has 0 fully saturated rings. The topological polar surface area (TPSA) is 34.4 Å². The van der Waals surface area contributed by atoms with Gasteiger partial charge >= 0.3 is 0 Å². The molecule has 2 rings (SSSR count). The molecule has 3 nitrogen and oxygen atoms in total. The minimum atomic E-state index is -0.466. The van der Waals surface area contributed by atoms with Crippen LogP contribution in [0.5, 0.6) is 0 Å². The number of hydrogen-bond acceptors (Lipinski definition) is 2. The number of carbonyl (C=O) groups excluding carboxylic acids is 1. The van der Waals surface area contributed by atoms with Gasteiger partial charge in [0.25, 0.3) is 0 Å². The van der Waals surface area contributed by atoms with Gasteiger partial charge in [-0.1, -0.05) is 5.92 Å². The van der Waals surface area contributed by atoms with E-state index in [1.54, 1.807) is 10.6 Å².